The van der Waals surface area contributed by atoms with Crippen LogP contribution in [0.15, 0.2) is 18.3 Å². The fourth-order valence-electron chi connectivity index (χ4n) is 2.55. The summed E-state index contributed by atoms with van der Waals surface area (Å²) in [6.07, 6.45) is 4.20. The van der Waals surface area contributed by atoms with E-state index in [1.165, 1.54) is 24.1 Å². The van der Waals surface area contributed by atoms with E-state index in [0.29, 0.717) is 22.5 Å². The van der Waals surface area contributed by atoms with Crippen LogP contribution in [-0.4, -0.2) is 15.0 Å². The number of rotatable bonds is 2. The molecule has 3 heterocycles. The second-order valence-corrected chi connectivity index (χ2v) is 5.48. The van der Waals surface area contributed by atoms with Crippen LogP contribution in [0.5, 0.6) is 0 Å². The van der Waals surface area contributed by atoms with Crippen molar-refractivity contribution in [2.45, 2.75) is 31.8 Å². The number of nitrogens with one attached hydrogen (secondary N) is 1. The van der Waals surface area contributed by atoms with Gasteiger partial charge in [0.15, 0.2) is 5.82 Å². The summed E-state index contributed by atoms with van der Waals surface area (Å²) < 4.78 is 0. The number of fused-ring (bicyclic) bond motifs is 1. The average Bonchev–Trinajstić information content (AvgIpc) is 3.16. The second-order valence-electron chi connectivity index (χ2n) is 5.07. The molecule has 0 radical (unpaired) electrons. The van der Waals surface area contributed by atoms with Crippen molar-refractivity contribution in [2.75, 3.05) is 0 Å². The summed E-state index contributed by atoms with van der Waals surface area (Å²) in [5.74, 6) is 1.27. The van der Waals surface area contributed by atoms with E-state index in [1.807, 2.05) is 12.1 Å². The first-order valence-electron chi connectivity index (χ1n) is 6.54. The van der Waals surface area contributed by atoms with Crippen molar-refractivity contribution in [2.24, 2.45) is 0 Å². The Bertz CT molecular complexity index is 652. The zero-order valence-electron chi connectivity index (χ0n) is 10.4. The lowest BCUT2D eigenvalue weighted by Gasteiger charge is -2.09. The molecule has 1 N–H and O–H groups in total. The molecule has 96 valence electrons. The van der Waals surface area contributed by atoms with Crippen molar-refractivity contribution >= 4 is 11.6 Å². The predicted octanol–water partition coefficient (Wildman–Crippen LogP) is 2.67. The van der Waals surface area contributed by atoms with Crippen LogP contribution >= 0.6 is 11.6 Å². The molecular formula is C14H13ClN4. The molecule has 19 heavy (non-hydrogen) atoms. The molecule has 0 aromatic carbocycles. The van der Waals surface area contributed by atoms with Gasteiger partial charge in [-0.3, -0.25) is 4.98 Å². The number of hydrogen-bond donors (Lipinski definition) is 1. The first-order chi connectivity index (χ1) is 9.33. The largest absolute Gasteiger partial charge is 0.307 e. The van der Waals surface area contributed by atoms with Gasteiger partial charge in [0.2, 0.25) is 0 Å². The van der Waals surface area contributed by atoms with Crippen molar-refractivity contribution < 1.29 is 0 Å². The van der Waals surface area contributed by atoms with Crippen LogP contribution in [0.2, 0.25) is 5.02 Å². The lowest BCUT2D eigenvalue weighted by molar-refractivity contribution is 0.755. The molecular weight excluding hydrogens is 260 g/mol. The van der Waals surface area contributed by atoms with Gasteiger partial charge in [-0.1, -0.05) is 11.6 Å². The Kier molecular flexibility index (Phi) is 2.53. The van der Waals surface area contributed by atoms with Crippen LogP contribution in [-0.2, 0) is 13.1 Å². The van der Waals surface area contributed by atoms with Gasteiger partial charge in [-0.25, -0.2) is 9.97 Å². The van der Waals surface area contributed by atoms with Gasteiger partial charge in [0.25, 0.3) is 0 Å². The zero-order chi connectivity index (χ0) is 12.8. The minimum atomic E-state index is 0.607. The maximum Gasteiger partial charge on any atom is 0.180 e. The Morgan fingerprint density at radius 3 is 2.89 bits per heavy atom. The van der Waals surface area contributed by atoms with Crippen molar-refractivity contribution in [3.05, 3.63) is 40.3 Å². The topological polar surface area (TPSA) is 50.7 Å². The maximum absolute atomic E-state index is 6.20. The first-order valence-corrected chi connectivity index (χ1v) is 6.92. The minimum Gasteiger partial charge on any atom is -0.307 e. The van der Waals surface area contributed by atoms with Crippen LogP contribution in [0.3, 0.4) is 0 Å². The summed E-state index contributed by atoms with van der Waals surface area (Å²) in [7, 11) is 0. The van der Waals surface area contributed by atoms with Crippen molar-refractivity contribution in [3.8, 4) is 11.5 Å². The van der Waals surface area contributed by atoms with Gasteiger partial charge in [-0.15, -0.1) is 0 Å². The molecule has 0 unspecified atom stereocenters. The van der Waals surface area contributed by atoms with Crippen LogP contribution < -0.4 is 5.32 Å². The lowest BCUT2D eigenvalue weighted by Crippen LogP contribution is -2.03. The van der Waals surface area contributed by atoms with E-state index in [9.17, 15) is 0 Å². The molecule has 1 fully saturated rings. The molecule has 1 aliphatic heterocycles. The summed E-state index contributed by atoms with van der Waals surface area (Å²) in [4.78, 5) is 13.7. The van der Waals surface area contributed by atoms with Crippen LogP contribution in [0.25, 0.3) is 11.5 Å². The van der Waals surface area contributed by atoms with Gasteiger partial charge in [-0.05, 0) is 25.0 Å². The van der Waals surface area contributed by atoms with E-state index in [2.05, 4.69) is 15.3 Å². The average molecular weight is 273 g/mol. The highest BCUT2D eigenvalue weighted by Crippen LogP contribution is 2.42. The monoisotopic (exact) mass is 272 g/mol. The van der Waals surface area contributed by atoms with Crippen molar-refractivity contribution in [3.63, 3.8) is 0 Å². The Labute approximate surface area is 116 Å². The summed E-state index contributed by atoms with van der Waals surface area (Å²) >= 11 is 6.20. The molecule has 0 atom stereocenters. The fourth-order valence-corrected chi connectivity index (χ4v) is 2.75. The Balaban J connectivity index is 1.90. The maximum atomic E-state index is 6.20. The summed E-state index contributed by atoms with van der Waals surface area (Å²) in [5.41, 5.74) is 4.28. The van der Waals surface area contributed by atoms with E-state index in [4.69, 9.17) is 16.6 Å². The van der Waals surface area contributed by atoms with Crippen LogP contribution in [0.1, 0.15) is 35.7 Å². The predicted molar refractivity (Wildman–Crippen MR) is 72.8 cm³/mol. The van der Waals surface area contributed by atoms with Crippen LogP contribution in [0, 0.1) is 0 Å². The molecule has 4 rings (SSSR count). The first kappa shape index (κ1) is 11.3. The number of pyridine rings is 1. The fraction of sp³-hybridized carbons (Fsp3) is 0.357. The normalized spacial score (nSPS) is 17.5. The quantitative estimate of drug-likeness (QED) is 0.913. The molecule has 0 spiro atoms. The molecule has 0 saturated heterocycles. The molecule has 2 aromatic rings. The van der Waals surface area contributed by atoms with E-state index in [-0.39, 0.29) is 0 Å². The Morgan fingerprint density at radius 1 is 1.21 bits per heavy atom. The Morgan fingerprint density at radius 2 is 2.11 bits per heavy atom. The third-order valence-corrected chi connectivity index (χ3v) is 3.96. The molecule has 1 saturated carbocycles. The SMILES string of the molecule is Clc1cccnc1-c1nc2c(c(C3CC3)n1)CNC2. The number of halogens is 1. The molecule has 5 heteroatoms. The van der Waals surface area contributed by atoms with E-state index >= 15 is 0 Å². The summed E-state index contributed by atoms with van der Waals surface area (Å²) in [6, 6.07) is 3.65. The standard InChI is InChI=1S/C14H13ClN4/c15-10-2-1-5-17-13(10)14-18-11-7-16-6-9(11)12(19-14)8-3-4-8/h1-2,5,8,16H,3-4,6-7H2. The molecule has 2 aromatic heterocycles. The van der Waals surface area contributed by atoms with Crippen molar-refractivity contribution in [1.29, 1.82) is 0 Å². The highest BCUT2D eigenvalue weighted by atomic mass is 35.5. The van der Waals surface area contributed by atoms with Gasteiger partial charge in [0, 0.05) is 30.8 Å². The zero-order valence-corrected chi connectivity index (χ0v) is 11.1. The number of hydrogen-bond acceptors (Lipinski definition) is 4. The molecule has 2 aliphatic rings. The third-order valence-electron chi connectivity index (χ3n) is 3.65. The van der Waals surface area contributed by atoms with Crippen LogP contribution in [0.4, 0.5) is 0 Å². The molecule has 4 nitrogen and oxygen atoms in total. The molecule has 0 amide bonds. The summed E-state index contributed by atoms with van der Waals surface area (Å²) in [6.45, 7) is 1.70. The number of aromatic nitrogens is 3. The van der Waals surface area contributed by atoms with E-state index in [0.717, 1.165) is 18.8 Å². The molecule has 0 bridgehead atoms. The molecule has 1 aliphatic carbocycles. The van der Waals surface area contributed by atoms with Gasteiger partial charge >= 0.3 is 0 Å². The number of nitrogens with zero attached hydrogens (tertiary/aromatic N) is 3. The van der Waals surface area contributed by atoms with Gasteiger partial charge in [0.1, 0.15) is 5.69 Å². The smallest absolute Gasteiger partial charge is 0.180 e. The highest BCUT2D eigenvalue weighted by Gasteiger charge is 2.31. The Hall–Kier alpha value is -1.52. The van der Waals surface area contributed by atoms with E-state index < -0.39 is 0 Å². The lowest BCUT2D eigenvalue weighted by atomic mass is 10.1. The van der Waals surface area contributed by atoms with Gasteiger partial charge < -0.3 is 5.32 Å². The van der Waals surface area contributed by atoms with Crippen molar-refractivity contribution in [1.82, 2.24) is 20.3 Å². The van der Waals surface area contributed by atoms with Gasteiger partial charge in [-0.2, -0.15) is 0 Å². The van der Waals surface area contributed by atoms with Gasteiger partial charge in [0.05, 0.1) is 16.4 Å². The van der Waals surface area contributed by atoms with E-state index in [1.54, 1.807) is 6.20 Å². The second kappa shape index (κ2) is 4.25. The third kappa shape index (κ3) is 1.91. The minimum absolute atomic E-state index is 0.607. The highest BCUT2D eigenvalue weighted by molar-refractivity contribution is 6.32. The summed E-state index contributed by atoms with van der Waals surface area (Å²) in [5, 5.41) is 3.95.